The summed E-state index contributed by atoms with van der Waals surface area (Å²) in [7, 11) is 3.21. The summed E-state index contributed by atoms with van der Waals surface area (Å²) in [5.74, 6) is 1.99. The molecule has 0 bridgehead atoms. The van der Waals surface area contributed by atoms with Gasteiger partial charge in [0.1, 0.15) is 11.3 Å². The van der Waals surface area contributed by atoms with E-state index in [0.29, 0.717) is 35.4 Å². The maximum atomic E-state index is 12.8. The average Bonchev–Trinajstić information content (AvgIpc) is 3.50. The average molecular weight is 498 g/mol. The number of carbonyl (C=O) groups excluding carboxylic acids is 1. The number of carbonyl (C=O) groups is 1. The lowest BCUT2D eigenvalue weighted by molar-refractivity contribution is -0.111. The predicted molar refractivity (Wildman–Crippen MR) is 144 cm³/mol. The van der Waals surface area contributed by atoms with E-state index in [4.69, 9.17) is 18.6 Å². The minimum atomic E-state index is -0.300. The van der Waals surface area contributed by atoms with Gasteiger partial charge in [-0.3, -0.25) is 10.1 Å². The Hall–Kier alpha value is -4.72. The van der Waals surface area contributed by atoms with Crippen molar-refractivity contribution < 1.29 is 23.4 Å². The number of H-pyrrole nitrogens is 1. The van der Waals surface area contributed by atoms with E-state index in [1.165, 1.54) is 6.08 Å². The highest BCUT2D eigenvalue weighted by Gasteiger charge is 2.17. The van der Waals surface area contributed by atoms with Gasteiger partial charge in [-0.1, -0.05) is 18.2 Å². The van der Waals surface area contributed by atoms with Crippen LogP contribution in [0.3, 0.4) is 0 Å². The highest BCUT2D eigenvalue weighted by Crippen LogP contribution is 2.40. The van der Waals surface area contributed by atoms with Crippen molar-refractivity contribution in [2.24, 2.45) is 0 Å². The van der Waals surface area contributed by atoms with Crippen LogP contribution < -0.4 is 19.5 Å². The van der Waals surface area contributed by atoms with Crippen molar-refractivity contribution in [1.29, 1.82) is 0 Å². The van der Waals surface area contributed by atoms with Gasteiger partial charge in [0, 0.05) is 28.7 Å². The molecule has 0 saturated heterocycles. The number of hydrogen-bond acceptors (Lipinski definition) is 6. The van der Waals surface area contributed by atoms with Gasteiger partial charge >= 0.3 is 0 Å². The third-order valence-electron chi connectivity index (χ3n) is 6.07. The predicted octanol–water partition coefficient (Wildman–Crippen LogP) is 6.43. The minimum Gasteiger partial charge on any atom is -0.493 e. The molecule has 2 aromatic heterocycles. The van der Waals surface area contributed by atoms with Crippen LogP contribution in [-0.4, -0.2) is 36.7 Å². The van der Waals surface area contributed by atoms with Crippen LogP contribution in [0.2, 0.25) is 0 Å². The monoisotopic (exact) mass is 497 g/mol. The highest BCUT2D eigenvalue weighted by molar-refractivity contribution is 6.05. The maximum Gasteiger partial charge on any atom is 0.250 e. The van der Waals surface area contributed by atoms with Gasteiger partial charge in [-0.15, -0.1) is 0 Å². The number of methoxy groups -OCH3 is 2. The second-order valence-electron chi connectivity index (χ2n) is 8.42. The number of ether oxygens (including phenoxy) is 3. The first-order chi connectivity index (χ1) is 18.0. The summed E-state index contributed by atoms with van der Waals surface area (Å²) in [5, 5.41) is 3.69. The van der Waals surface area contributed by atoms with Crippen LogP contribution in [0.4, 0.5) is 5.95 Å². The summed E-state index contributed by atoms with van der Waals surface area (Å²) >= 11 is 0. The maximum absolute atomic E-state index is 12.8. The zero-order chi connectivity index (χ0) is 25.9. The number of fused-ring (bicyclic) bond motifs is 2. The molecule has 5 aromatic rings. The van der Waals surface area contributed by atoms with Crippen LogP contribution >= 0.6 is 0 Å². The van der Waals surface area contributed by atoms with Crippen LogP contribution in [-0.2, 0) is 4.79 Å². The molecule has 3 aromatic carbocycles. The summed E-state index contributed by atoms with van der Waals surface area (Å²) in [4.78, 5) is 20.4. The van der Waals surface area contributed by atoms with Crippen LogP contribution in [0.1, 0.15) is 19.4 Å². The number of imidazole rings is 1. The first-order valence-electron chi connectivity index (χ1n) is 11.9. The fourth-order valence-electron chi connectivity index (χ4n) is 4.30. The zero-order valence-corrected chi connectivity index (χ0v) is 21.0. The number of anilines is 1. The number of benzene rings is 3. The Kier molecular flexibility index (Phi) is 6.55. The number of furan rings is 1. The van der Waals surface area contributed by atoms with Gasteiger partial charge in [0.15, 0.2) is 11.5 Å². The molecule has 2 heterocycles. The molecule has 37 heavy (non-hydrogen) atoms. The van der Waals surface area contributed by atoms with Crippen LogP contribution in [0.5, 0.6) is 17.2 Å². The largest absolute Gasteiger partial charge is 0.493 e. The lowest BCUT2D eigenvalue weighted by Gasteiger charge is -2.12. The van der Waals surface area contributed by atoms with Gasteiger partial charge in [0.2, 0.25) is 5.95 Å². The fraction of sp³-hybridized carbons (Fsp3) is 0.172. The molecule has 0 aliphatic heterocycles. The number of allylic oxidation sites excluding steroid dienone is 1. The summed E-state index contributed by atoms with van der Waals surface area (Å²) in [6.07, 6.45) is 3.24. The fourth-order valence-corrected chi connectivity index (χ4v) is 4.30. The number of para-hydroxylation sites is 2. The second-order valence-corrected chi connectivity index (χ2v) is 8.42. The van der Waals surface area contributed by atoms with E-state index < -0.39 is 0 Å². The third-order valence-corrected chi connectivity index (χ3v) is 6.07. The Morgan fingerprint density at radius 2 is 1.86 bits per heavy atom. The second kappa shape index (κ2) is 10.1. The van der Waals surface area contributed by atoms with E-state index in [-0.39, 0.29) is 5.91 Å². The summed E-state index contributed by atoms with van der Waals surface area (Å²) in [6.45, 7) is 4.26. The molecule has 1 amide bonds. The molecule has 0 saturated carbocycles. The van der Waals surface area contributed by atoms with Gasteiger partial charge in [-0.05, 0) is 55.3 Å². The van der Waals surface area contributed by atoms with Crippen molar-refractivity contribution in [3.05, 3.63) is 72.5 Å². The van der Waals surface area contributed by atoms with E-state index >= 15 is 0 Å². The molecule has 8 heteroatoms. The summed E-state index contributed by atoms with van der Waals surface area (Å²) in [6, 6.07) is 17.1. The summed E-state index contributed by atoms with van der Waals surface area (Å²) < 4.78 is 22.6. The lowest BCUT2D eigenvalue weighted by Crippen LogP contribution is -2.10. The number of rotatable bonds is 8. The van der Waals surface area contributed by atoms with Crippen molar-refractivity contribution in [3.8, 4) is 28.4 Å². The van der Waals surface area contributed by atoms with E-state index in [1.54, 1.807) is 20.5 Å². The Balaban J connectivity index is 1.51. The number of hydrogen-bond donors (Lipinski definition) is 2. The van der Waals surface area contributed by atoms with E-state index in [2.05, 4.69) is 15.3 Å². The Bertz CT molecular complexity index is 1600. The lowest BCUT2D eigenvalue weighted by atomic mass is 9.99. The van der Waals surface area contributed by atoms with Gasteiger partial charge in [-0.2, -0.15) is 0 Å². The normalized spacial score (nSPS) is 11.6. The third kappa shape index (κ3) is 4.73. The molecule has 188 valence electrons. The Morgan fingerprint density at radius 1 is 1.05 bits per heavy atom. The topological polar surface area (TPSA) is 98.6 Å². The molecule has 0 radical (unpaired) electrons. The summed E-state index contributed by atoms with van der Waals surface area (Å²) in [5.41, 5.74) is 5.64. The molecular weight excluding hydrogens is 470 g/mol. The van der Waals surface area contributed by atoms with Crippen LogP contribution in [0.15, 0.2) is 71.4 Å². The van der Waals surface area contributed by atoms with Crippen molar-refractivity contribution in [1.82, 2.24) is 9.97 Å². The number of amides is 1. The number of aromatic nitrogens is 2. The molecule has 2 N–H and O–H groups in total. The molecule has 0 fully saturated rings. The van der Waals surface area contributed by atoms with Crippen LogP contribution in [0.25, 0.3) is 38.7 Å². The van der Waals surface area contributed by atoms with Gasteiger partial charge < -0.3 is 23.6 Å². The Morgan fingerprint density at radius 3 is 2.62 bits per heavy atom. The molecule has 0 unspecified atom stereocenters. The zero-order valence-electron chi connectivity index (χ0n) is 21.0. The van der Waals surface area contributed by atoms with E-state index in [0.717, 1.165) is 38.7 Å². The van der Waals surface area contributed by atoms with Gasteiger partial charge in [-0.25, -0.2) is 4.98 Å². The smallest absolute Gasteiger partial charge is 0.250 e. The van der Waals surface area contributed by atoms with E-state index in [1.807, 2.05) is 68.4 Å². The molecule has 0 atom stereocenters. The molecule has 8 nitrogen and oxygen atoms in total. The molecule has 0 aliphatic carbocycles. The number of aromatic amines is 1. The van der Waals surface area contributed by atoms with Gasteiger partial charge in [0.25, 0.3) is 5.91 Å². The standard InChI is InChI=1S/C29H27N3O5/c1-5-36-25-15-26-20(21(16-37-26)18-10-11-24(34-3)27(13-18)35-4)14-19(25)17(2)12-28(33)32-29-30-22-8-6-7-9-23(22)31-29/h6-16H,5H2,1-4H3,(H2,30,31,32,33)/b17-12+. The van der Waals surface area contributed by atoms with Gasteiger partial charge in [0.05, 0.1) is 38.1 Å². The highest BCUT2D eigenvalue weighted by atomic mass is 16.5. The van der Waals surface area contributed by atoms with Crippen molar-refractivity contribution in [3.63, 3.8) is 0 Å². The van der Waals surface area contributed by atoms with Crippen molar-refractivity contribution >= 4 is 39.4 Å². The van der Waals surface area contributed by atoms with Crippen molar-refractivity contribution in [2.75, 3.05) is 26.1 Å². The Labute approximate surface area is 213 Å². The first-order valence-corrected chi connectivity index (χ1v) is 11.9. The number of nitrogens with zero attached hydrogens (tertiary/aromatic N) is 1. The molecule has 5 rings (SSSR count). The molecule has 0 spiro atoms. The quantitative estimate of drug-likeness (QED) is 0.240. The molecule has 0 aliphatic rings. The SMILES string of the molecule is CCOc1cc2occ(-c3ccc(OC)c(OC)c3)c2cc1/C(C)=C/C(=O)Nc1nc2ccccc2[nH]1. The van der Waals surface area contributed by atoms with Crippen LogP contribution in [0, 0.1) is 0 Å². The van der Waals surface area contributed by atoms with Crippen molar-refractivity contribution in [2.45, 2.75) is 13.8 Å². The number of nitrogens with one attached hydrogen (secondary N) is 2. The molecular formula is C29H27N3O5. The first kappa shape index (κ1) is 24.0. The van der Waals surface area contributed by atoms with E-state index in [9.17, 15) is 4.79 Å². The minimum absolute atomic E-state index is 0.300.